The summed E-state index contributed by atoms with van der Waals surface area (Å²) < 4.78 is 0. The Hall–Kier alpha value is -2.64. The molecule has 24 heavy (non-hydrogen) atoms. The highest BCUT2D eigenvalue weighted by Crippen LogP contribution is 2.34. The van der Waals surface area contributed by atoms with Gasteiger partial charge in [-0.3, -0.25) is 4.79 Å². The van der Waals surface area contributed by atoms with Crippen LogP contribution in [-0.4, -0.2) is 13.0 Å². The van der Waals surface area contributed by atoms with Gasteiger partial charge in [0, 0.05) is 18.3 Å². The summed E-state index contributed by atoms with van der Waals surface area (Å²) >= 11 is 0. The molecule has 0 spiro atoms. The summed E-state index contributed by atoms with van der Waals surface area (Å²) in [6.07, 6.45) is 0. The van der Waals surface area contributed by atoms with E-state index < -0.39 is 13.8 Å². The molecule has 0 aliphatic carbocycles. The lowest BCUT2D eigenvalue weighted by Crippen LogP contribution is -2.28. The van der Waals surface area contributed by atoms with Crippen molar-refractivity contribution in [2.24, 2.45) is 5.73 Å². The lowest BCUT2D eigenvalue weighted by molar-refractivity contribution is 0.100. The first-order valence-corrected chi connectivity index (χ1v) is 9.06. The molecule has 0 fully saturated rings. The van der Waals surface area contributed by atoms with Crippen LogP contribution in [0.1, 0.15) is 10.4 Å². The maximum atomic E-state index is 12.0. The molecule has 3 nitrogen and oxygen atoms in total. The van der Waals surface area contributed by atoms with Crippen molar-refractivity contribution in [1.82, 2.24) is 0 Å². The normalized spacial score (nSPS) is 10.6. The summed E-state index contributed by atoms with van der Waals surface area (Å²) in [5, 5.41) is 6.50. The van der Waals surface area contributed by atoms with E-state index in [0.717, 1.165) is 11.0 Å². The first kappa shape index (κ1) is 16.2. The second-order valence-electron chi connectivity index (χ2n) is 5.35. The number of rotatable bonds is 5. The van der Waals surface area contributed by atoms with E-state index in [2.05, 4.69) is 29.6 Å². The fourth-order valence-corrected chi connectivity index (χ4v) is 5.15. The monoisotopic (exact) mass is 334 g/mol. The predicted octanol–water partition coefficient (Wildman–Crippen LogP) is 2.59. The standard InChI is InChI=1S/C20H19N2OP/c1-22-15-12-13-18(20(21)23)19(14-15)24(16-8-4-2-5-9-16)17-10-6-3-7-11-17/h2-14,22H,1H3,(H2,21,23). The number of hydrogen-bond acceptors (Lipinski definition) is 2. The van der Waals surface area contributed by atoms with Gasteiger partial charge in [-0.1, -0.05) is 60.7 Å². The average molecular weight is 334 g/mol. The fourth-order valence-electron chi connectivity index (χ4n) is 2.66. The third-order valence-corrected chi connectivity index (χ3v) is 6.30. The van der Waals surface area contributed by atoms with E-state index in [9.17, 15) is 4.79 Å². The van der Waals surface area contributed by atoms with Crippen LogP contribution in [0, 0.1) is 0 Å². The lowest BCUT2D eigenvalue weighted by atomic mass is 10.2. The summed E-state index contributed by atoms with van der Waals surface area (Å²) in [6.45, 7) is 0. The number of carbonyl (C=O) groups is 1. The van der Waals surface area contributed by atoms with Crippen LogP contribution in [0.5, 0.6) is 0 Å². The van der Waals surface area contributed by atoms with Crippen molar-refractivity contribution in [3.8, 4) is 0 Å². The van der Waals surface area contributed by atoms with Crippen LogP contribution in [0.15, 0.2) is 78.9 Å². The van der Waals surface area contributed by atoms with Crippen molar-refractivity contribution >= 4 is 35.4 Å². The molecule has 3 aromatic carbocycles. The minimum Gasteiger partial charge on any atom is -0.388 e. The molecule has 3 N–H and O–H groups in total. The molecule has 120 valence electrons. The van der Waals surface area contributed by atoms with Crippen molar-refractivity contribution < 1.29 is 4.79 Å². The quantitative estimate of drug-likeness (QED) is 0.705. The highest BCUT2D eigenvalue weighted by molar-refractivity contribution is 7.80. The van der Waals surface area contributed by atoms with Crippen LogP contribution >= 0.6 is 7.92 Å². The van der Waals surface area contributed by atoms with Crippen LogP contribution in [0.3, 0.4) is 0 Å². The Balaban J connectivity index is 2.25. The Kier molecular flexibility index (Phi) is 4.93. The molecular formula is C20H19N2OP. The minimum absolute atomic E-state index is 0.396. The van der Waals surface area contributed by atoms with Gasteiger partial charge in [0.2, 0.25) is 5.91 Å². The molecule has 0 aromatic heterocycles. The lowest BCUT2D eigenvalue weighted by Gasteiger charge is -2.22. The van der Waals surface area contributed by atoms with E-state index >= 15 is 0 Å². The largest absolute Gasteiger partial charge is 0.388 e. The second kappa shape index (κ2) is 7.29. The molecule has 3 aromatic rings. The second-order valence-corrected chi connectivity index (χ2v) is 7.54. The van der Waals surface area contributed by atoms with E-state index in [4.69, 9.17) is 5.73 Å². The zero-order chi connectivity index (χ0) is 16.9. The maximum absolute atomic E-state index is 12.0. The van der Waals surface area contributed by atoms with Crippen LogP contribution in [0.2, 0.25) is 0 Å². The molecule has 0 radical (unpaired) electrons. The van der Waals surface area contributed by atoms with Crippen LogP contribution in [0.25, 0.3) is 0 Å². The van der Waals surface area contributed by atoms with E-state index in [1.165, 1.54) is 10.6 Å². The highest BCUT2D eigenvalue weighted by Gasteiger charge is 2.21. The Labute approximate surface area is 143 Å². The number of benzene rings is 3. The van der Waals surface area contributed by atoms with Crippen LogP contribution in [0.4, 0.5) is 5.69 Å². The van der Waals surface area contributed by atoms with E-state index in [1.54, 1.807) is 0 Å². The fraction of sp³-hybridized carbons (Fsp3) is 0.0500. The Morgan fingerprint density at radius 2 is 1.42 bits per heavy atom. The van der Waals surface area contributed by atoms with Gasteiger partial charge in [0.1, 0.15) is 0 Å². The molecule has 0 unspecified atom stereocenters. The van der Waals surface area contributed by atoms with Crippen molar-refractivity contribution in [3.05, 3.63) is 84.4 Å². The van der Waals surface area contributed by atoms with Gasteiger partial charge in [0.15, 0.2) is 0 Å². The zero-order valence-electron chi connectivity index (χ0n) is 13.4. The van der Waals surface area contributed by atoms with Gasteiger partial charge >= 0.3 is 0 Å². The molecule has 4 heteroatoms. The summed E-state index contributed by atoms with van der Waals surface area (Å²) in [7, 11) is 1.01. The Bertz CT molecular complexity index is 795. The van der Waals surface area contributed by atoms with Gasteiger partial charge in [-0.2, -0.15) is 0 Å². The van der Waals surface area contributed by atoms with E-state index in [-0.39, 0.29) is 0 Å². The van der Waals surface area contributed by atoms with Crippen molar-refractivity contribution in [3.63, 3.8) is 0 Å². The molecule has 0 aliphatic heterocycles. The molecular weight excluding hydrogens is 315 g/mol. The predicted molar refractivity (Wildman–Crippen MR) is 103 cm³/mol. The van der Waals surface area contributed by atoms with Crippen LogP contribution < -0.4 is 27.0 Å². The first-order valence-electron chi connectivity index (χ1n) is 7.72. The number of nitrogens with two attached hydrogens (primary N) is 1. The molecule has 1 amide bonds. The third-order valence-electron chi connectivity index (χ3n) is 3.82. The number of primary amides is 1. The number of nitrogens with one attached hydrogen (secondary N) is 1. The van der Waals surface area contributed by atoms with Crippen LogP contribution in [-0.2, 0) is 0 Å². The number of anilines is 1. The molecule has 3 rings (SSSR count). The van der Waals surface area contributed by atoms with Crippen molar-refractivity contribution in [1.29, 1.82) is 0 Å². The smallest absolute Gasteiger partial charge is 0.249 e. The highest BCUT2D eigenvalue weighted by atomic mass is 31.1. The topological polar surface area (TPSA) is 55.1 Å². The number of hydrogen-bond donors (Lipinski definition) is 2. The van der Waals surface area contributed by atoms with Crippen molar-refractivity contribution in [2.45, 2.75) is 0 Å². The summed E-state index contributed by atoms with van der Waals surface area (Å²) in [4.78, 5) is 12.0. The summed E-state index contributed by atoms with van der Waals surface area (Å²) in [6, 6.07) is 26.3. The van der Waals surface area contributed by atoms with Gasteiger partial charge < -0.3 is 11.1 Å². The number of carbonyl (C=O) groups excluding carboxylic acids is 1. The molecule has 0 bridgehead atoms. The zero-order valence-corrected chi connectivity index (χ0v) is 14.3. The Morgan fingerprint density at radius 3 is 1.88 bits per heavy atom. The summed E-state index contributed by atoms with van der Waals surface area (Å²) in [5.41, 5.74) is 7.19. The Morgan fingerprint density at radius 1 is 0.875 bits per heavy atom. The third kappa shape index (κ3) is 3.32. The molecule has 0 saturated carbocycles. The molecule has 0 aliphatic rings. The van der Waals surface area contributed by atoms with Gasteiger partial charge in [-0.15, -0.1) is 0 Å². The van der Waals surface area contributed by atoms with Gasteiger partial charge in [-0.05, 0) is 42.0 Å². The first-order chi connectivity index (χ1) is 11.7. The number of amides is 1. The molecule has 0 heterocycles. The SMILES string of the molecule is CNc1ccc(C(N)=O)c(P(c2ccccc2)c2ccccc2)c1. The molecule has 0 saturated heterocycles. The van der Waals surface area contributed by atoms with E-state index in [0.29, 0.717) is 5.56 Å². The minimum atomic E-state index is -0.862. The average Bonchev–Trinajstić information content (AvgIpc) is 2.63. The van der Waals surface area contributed by atoms with E-state index in [1.807, 2.05) is 61.6 Å². The van der Waals surface area contributed by atoms with Gasteiger partial charge in [-0.25, -0.2) is 0 Å². The summed E-state index contributed by atoms with van der Waals surface area (Å²) in [5.74, 6) is -0.396. The van der Waals surface area contributed by atoms with Gasteiger partial charge in [0.05, 0.1) is 0 Å². The molecule has 0 atom stereocenters. The maximum Gasteiger partial charge on any atom is 0.249 e. The van der Waals surface area contributed by atoms with Crippen molar-refractivity contribution in [2.75, 3.05) is 12.4 Å². The van der Waals surface area contributed by atoms with Gasteiger partial charge in [0.25, 0.3) is 0 Å².